The van der Waals surface area contributed by atoms with Crippen LogP contribution in [0, 0.1) is 67.1 Å². The lowest BCUT2D eigenvalue weighted by atomic mass is 9.36. The van der Waals surface area contributed by atoms with Crippen LogP contribution in [0.4, 0.5) is 0 Å². The Morgan fingerprint density at radius 1 is 0.634 bits per heavy atom. The Morgan fingerprint density at radius 3 is 1.63 bits per heavy atom. The molecular weight excluding hydrogens is 889 g/mol. The fourth-order valence-electron chi connectivity index (χ4n) is 14.3. The second-order valence-electron chi connectivity index (χ2n) is 23.3. The van der Waals surface area contributed by atoms with E-state index >= 15 is 0 Å². The number of allylic oxidation sites excluding steroid dienone is 1. The van der Waals surface area contributed by atoms with Crippen molar-refractivity contribution in [3.05, 3.63) is 153 Å². The zero-order valence-corrected chi connectivity index (χ0v) is 44.0. The summed E-state index contributed by atoms with van der Waals surface area (Å²) in [6.07, 6.45) is 2.62. The van der Waals surface area contributed by atoms with Gasteiger partial charge in [-0.05, 0) is 155 Å². The van der Waals surface area contributed by atoms with E-state index < -0.39 is 47.2 Å². The van der Waals surface area contributed by atoms with E-state index in [-0.39, 0.29) is 46.4 Å². The minimum Gasteiger partial charge on any atom is -0.458 e. The summed E-state index contributed by atoms with van der Waals surface area (Å²) in [6.45, 7) is 24.5. The van der Waals surface area contributed by atoms with Crippen LogP contribution >= 0.6 is 0 Å². The van der Waals surface area contributed by atoms with Crippen LogP contribution in [0.1, 0.15) is 170 Å². The highest BCUT2D eigenvalue weighted by Gasteiger charge is 2.70. The Bertz CT molecular complexity index is 2780. The maximum atomic E-state index is 14.5. The predicted octanol–water partition coefficient (Wildman–Crippen LogP) is 13.5. The maximum Gasteiger partial charge on any atom is 0.339 e. The highest BCUT2D eigenvalue weighted by molar-refractivity contribution is 5.93. The van der Waals surface area contributed by atoms with Gasteiger partial charge >= 0.3 is 23.9 Å². The molecule has 4 aromatic rings. The lowest BCUT2D eigenvalue weighted by Crippen LogP contribution is -2.66. The molecule has 4 aromatic carbocycles. The van der Waals surface area contributed by atoms with Crippen LogP contribution in [-0.2, 0) is 23.7 Å². The molecule has 0 bridgehead atoms. The smallest absolute Gasteiger partial charge is 0.339 e. The summed E-state index contributed by atoms with van der Waals surface area (Å²) < 4.78 is 26.5. The molecule has 4 aliphatic rings. The molecule has 0 unspecified atom stereocenters. The molecule has 4 aliphatic carbocycles. The summed E-state index contributed by atoms with van der Waals surface area (Å²) in [5.41, 5.74) is 4.27. The minimum absolute atomic E-state index is 0.0192. The summed E-state index contributed by atoms with van der Waals surface area (Å²) >= 11 is 0. The lowest BCUT2D eigenvalue weighted by Gasteiger charge is -2.69. The van der Waals surface area contributed by atoms with E-state index in [4.69, 9.17) is 18.9 Å². The van der Waals surface area contributed by atoms with E-state index in [1.165, 1.54) is 11.1 Å². The summed E-state index contributed by atoms with van der Waals surface area (Å²) in [4.78, 5) is 71.2. The Labute approximate surface area is 421 Å². The third-order valence-corrected chi connectivity index (χ3v) is 18.4. The molecule has 0 radical (unpaired) electrons. The first kappa shape index (κ1) is 51.5. The normalized spacial score (nSPS) is 27.0. The number of ketones is 1. The standard InChI is InChI=1S/C62H74O9/c1-37-21-13-17-25-43(37)54(64)68-48-36-47-42(29-33-61(47,11)62(12)34-30-50-58(6,7)51(63)31-32-60(50,10)52(48)62)41(5)35-49(69-55(65)44-26-18-14-22-38(44)2)53(70-56(66)45-27-19-15-23-39(45)3)59(8,9)71-57(67)46-28-20-16-24-40(46)4/h13-28,41,48-50,52-53H,29-36H2,1-12H3/t41-,48+,49+,50+,52+,53-,60+,61+,62+/m1/s1. The quantitative estimate of drug-likeness (QED) is 0.0732. The number of ether oxygens (including phenoxy) is 4. The van der Waals surface area contributed by atoms with Crippen LogP contribution in [0.15, 0.2) is 108 Å². The summed E-state index contributed by atoms with van der Waals surface area (Å²) in [5, 5.41) is 0. The van der Waals surface area contributed by atoms with Crippen LogP contribution in [0.3, 0.4) is 0 Å². The summed E-state index contributed by atoms with van der Waals surface area (Å²) in [7, 11) is 0. The summed E-state index contributed by atoms with van der Waals surface area (Å²) in [6, 6.07) is 29.1. The van der Waals surface area contributed by atoms with Gasteiger partial charge in [-0.2, -0.15) is 0 Å². The van der Waals surface area contributed by atoms with E-state index in [0.29, 0.717) is 46.4 Å². The Kier molecular flexibility index (Phi) is 14.0. The third-order valence-electron chi connectivity index (χ3n) is 18.4. The number of hydrogen-bond acceptors (Lipinski definition) is 9. The Balaban J connectivity index is 1.23. The van der Waals surface area contributed by atoms with Crippen molar-refractivity contribution in [2.45, 2.75) is 158 Å². The fraction of sp³-hybridized carbons (Fsp3) is 0.500. The van der Waals surface area contributed by atoms with Crippen molar-refractivity contribution in [1.82, 2.24) is 0 Å². The van der Waals surface area contributed by atoms with Gasteiger partial charge in [0.2, 0.25) is 0 Å². The molecule has 0 N–H and O–H groups in total. The van der Waals surface area contributed by atoms with Crippen molar-refractivity contribution in [2.24, 2.45) is 39.4 Å². The molecule has 71 heavy (non-hydrogen) atoms. The van der Waals surface area contributed by atoms with Crippen molar-refractivity contribution >= 4 is 29.7 Å². The molecule has 9 atom stereocenters. The monoisotopic (exact) mass is 963 g/mol. The summed E-state index contributed by atoms with van der Waals surface area (Å²) in [5.74, 6) is -1.95. The molecule has 3 fully saturated rings. The first-order valence-corrected chi connectivity index (χ1v) is 25.8. The molecule has 0 aromatic heterocycles. The molecule has 0 amide bonds. The Hall–Kier alpha value is -5.83. The molecular formula is C62H74O9. The molecule has 0 saturated heterocycles. The number of hydrogen-bond donors (Lipinski definition) is 0. The van der Waals surface area contributed by atoms with Crippen molar-refractivity contribution in [1.29, 1.82) is 0 Å². The van der Waals surface area contributed by atoms with Gasteiger partial charge in [0.25, 0.3) is 0 Å². The fourth-order valence-corrected chi connectivity index (χ4v) is 14.3. The van der Waals surface area contributed by atoms with Gasteiger partial charge < -0.3 is 18.9 Å². The van der Waals surface area contributed by atoms with Crippen molar-refractivity contribution in [2.75, 3.05) is 0 Å². The largest absolute Gasteiger partial charge is 0.458 e. The molecule has 3 saturated carbocycles. The minimum atomic E-state index is -1.51. The van der Waals surface area contributed by atoms with Gasteiger partial charge in [0, 0.05) is 24.2 Å². The second-order valence-corrected chi connectivity index (χ2v) is 23.3. The molecule has 0 heterocycles. The van der Waals surface area contributed by atoms with E-state index in [1.807, 2.05) is 88.4 Å². The molecule has 9 heteroatoms. The van der Waals surface area contributed by atoms with Crippen LogP contribution in [0.25, 0.3) is 0 Å². The van der Waals surface area contributed by atoms with Crippen LogP contribution < -0.4 is 0 Å². The molecule has 9 nitrogen and oxygen atoms in total. The van der Waals surface area contributed by atoms with Gasteiger partial charge in [0.05, 0.1) is 22.3 Å². The second kappa shape index (κ2) is 19.3. The van der Waals surface area contributed by atoms with E-state index in [1.54, 1.807) is 50.2 Å². The first-order chi connectivity index (χ1) is 33.4. The van der Waals surface area contributed by atoms with Crippen molar-refractivity contribution < 1.29 is 42.9 Å². The zero-order chi connectivity index (χ0) is 51.4. The van der Waals surface area contributed by atoms with Crippen molar-refractivity contribution in [3.63, 3.8) is 0 Å². The number of carbonyl (C=O) groups excluding carboxylic acids is 5. The number of carbonyl (C=O) groups is 5. The third kappa shape index (κ3) is 9.20. The first-order valence-electron chi connectivity index (χ1n) is 25.8. The number of aryl methyl sites for hydroxylation is 4. The molecule has 8 rings (SSSR count). The van der Waals surface area contributed by atoms with Gasteiger partial charge in [0.1, 0.15) is 23.6 Å². The molecule has 376 valence electrons. The van der Waals surface area contributed by atoms with E-state index in [2.05, 4.69) is 41.5 Å². The van der Waals surface area contributed by atoms with Gasteiger partial charge in [-0.15, -0.1) is 0 Å². The van der Waals surface area contributed by atoms with Gasteiger partial charge in [0.15, 0.2) is 6.10 Å². The SMILES string of the molecule is Cc1ccccc1C(=O)O[C@@H](C[C@@H](C)C1=C2C[C@H](OC(=O)c3ccccc3C)[C@H]3[C@@]4(C)CCC(=O)C(C)(C)[C@@H]4CC[C@]3(C)[C@@]2(C)CC1)[C@@H](OC(=O)c1ccccc1C)C(C)(C)OC(=O)c1ccccc1C. The topological polar surface area (TPSA) is 122 Å². The predicted molar refractivity (Wildman–Crippen MR) is 275 cm³/mol. The zero-order valence-electron chi connectivity index (χ0n) is 44.0. The average molecular weight is 963 g/mol. The number of fused-ring (bicyclic) bond motifs is 5. The van der Waals surface area contributed by atoms with Crippen LogP contribution in [0.5, 0.6) is 0 Å². The number of rotatable bonds is 13. The van der Waals surface area contributed by atoms with Crippen LogP contribution in [0.2, 0.25) is 0 Å². The molecule has 0 aliphatic heterocycles. The number of esters is 4. The Morgan fingerprint density at radius 2 is 1.11 bits per heavy atom. The number of Topliss-reactive ketones (excluding diaryl/α,β-unsaturated/α-hetero) is 1. The highest BCUT2D eigenvalue weighted by atomic mass is 16.6. The maximum absolute atomic E-state index is 14.5. The van der Waals surface area contributed by atoms with Gasteiger partial charge in [-0.3, -0.25) is 4.79 Å². The van der Waals surface area contributed by atoms with Crippen molar-refractivity contribution in [3.8, 4) is 0 Å². The van der Waals surface area contributed by atoms with E-state index in [0.717, 1.165) is 48.8 Å². The molecule has 0 spiro atoms. The highest BCUT2D eigenvalue weighted by Crippen LogP contribution is 2.74. The number of benzene rings is 4. The lowest BCUT2D eigenvalue weighted by molar-refractivity contribution is -0.208. The average Bonchev–Trinajstić information content (AvgIpc) is 3.66. The van der Waals surface area contributed by atoms with Crippen LogP contribution in [-0.4, -0.2) is 53.6 Å². The van der Waals surface area contributed by atoms with E-state index in [9.17, 15) is 24.0 Å². The van der Waals surface area contributed by atoms with Gasteiger partial charge in [-0.25, -0.2) is 19.2 Å². The van der Waals surface area contributed by atoms with Gasteiger partial charge in [-0.1, -0.05) is 125 Å².